The van der Waals surface area contributed by atoms with Gasteiger partial charge in [0, 0.05) is 68.8 Å². The molecule has 27 nitrogen and oxygen atoms in total. The van der Waals surface area contributed by atoms with Crippen LogP contribution >= 0.6 is 0 Å². The molecule has 5 aromatic rings. The number of anilines is 1. The van der Waals surface area contributed by atoms with Gasteiger partial charge >= 0.3 is 12.1 Å². The van der Waals surface area contributed by atoms with E-state index in [1.807, 2.05) is 18.2 Å². The van der Waals surface area contributed by atoms with Crippen molar-refractivity contribution in [3.63, 3.8) is 0 Å². The first-order valence-electron chi connectivity index (χ1n) is 27.6. The van der Waals surface area contributed by atoms with Crippen molar-refractivity contribution in [1.29, 1.82) is 0 Å². The minimum absolute atomic E-state index is 0.0236. The van der Waals surface area contributed by atoms with Crippen LogP contribution in [0.5, 0.6) is 17.8 Å². The van der Waals surface area contributed by atoms with Gasteiger partial charge in [0.2, 0.25) is 49.6 Å². The van der Waals surface area contributed by atoms with Crippen molar-refractivity contribution in [2.75, 3.05) is 18.0 Å². The van der Waals surface area contributed by atoms with Crippen LogP contribution < -0.4 is 44.6 Å². The van der Waals surface area contributed by atoms with Gasteiger partial charge in [-0.1, -0.05) is 53.4 Å². The number of carbonyl (C=O) groups is 5. The minimum atomic E-state index is -3.86. The maximum absolute atomic E-state index is 13.8. The maximum atomic E-state index is 13.8. The van der Waals surface area contributed by atoms with Crippen LogP contribution in [0.15, 0.2) is 98.4 Å². The SMILES string of the molecule is C=CC1CC1(NC(=O)[C@@H]1C[C@@H](Oc2ccnc(N3Cc4ccccc4C3)n2)CN1)C(=O)NS(=O)(=O)C1CC1.C=CC1CC1(NC(=O)[C@@H]1C[C@@H](Oc2ccnc(On3nnc4ccccc43)n2)CN1C(=O)OC(C)(C)C)C(=O)NS(=O)(=O)C1CC1. The van der Waals surface area contributed by atoms with Gasteiger partial charge in [-0.3, -0.25) is 33.5 Å². The number of nitrogens with one attached hydrogen (secondary N) is 5. The van der Waals surface area contributed by atoms with E-state index in [0.29, 0.717) is 67.9 Å². The summed E-state index contributed by atoms with van der Waals surface area (Å²) in [5, 5.41) is 15.5. The third kappa shape index (κ3) is 12.5. The molecule has 4 aliphatic carbocycles. The molecule has 2 aromatic carbocycles. The van der Waals surface area contributed by atoms with E-state index in [1.165, 1.54) is 39.2 Å². The van der Waals surface area contributed by atoms with Crippen LogP contribution in [0.2, 0.25) is 0 Å². The molecular formula is C55H64N14O13S2. The molecule has 6 fully saturated rings. The number of rotatable bonds is 19. The lowest BCUT2D eigenvalue weighted by atomic mass is 10.1. The Kier molecular flexibility index (Phi) is 15.3. The highest BCUT2D eigenvalue weighted by Gasteiger charge is 2.63. The lowest BCUT2D eigenvalue weighted by Crippen LogP contribution is -2.56. The molecule has 8 atom stereocenters. The van der Waals surface area contributed by atoms with Gasteiger partial charge in [-0.15, -0.1) is 18.3 Å². The highest BCUT2D eigenvalue weighted by atomic mass is 32.2. The van der Waals surface area contributed by atoms with Gasteiger partial charge in [-0.25, -0.2) is 31.6 Å². The molecule has 3 aliphatic heterocycles. The average Bonchev–Trinajstić information content (AvgIpc) is 1.91. The summed E-state index contributed by atoms with van der Waals surface area (Å²) in [6.45, 7) is 14.4. The summed E-state index contributed by atoms with van der Waals surface area (Å²) in [7, 11) is -7.58. The second-order valence-corrected chi connectivity index (χ2v) is 26.9. The molecule has 444 valence electrons. The summed E-state index contributed by atoms with van der Waals surface area (Å²) >= 11 is 0. The third-order valence-electron chi connectivity index (χ3n) is 15.5. The summed E-state index contributed by atoms with van der Waals surface area (Å²) < 4.78 is 71.5. The largest absolute Gasteiger partial charge is 0.473 e. The van der Waals surface area contributed by atoms with Crippen molar-refractivity contribution in [1.82, 2.24) is 65.4 Å². The van der Waals surface area contributed by atoms with Crippen molar-refractivity contribution in [3.05, 3.63) is 109 Å². The Balaban J connectivity index is 0.000000178. The lowest BCUT2D eigenvalue weighted by Gasteiger charge is -2.29. The molecule has 84 heavy (non-hydrogen) atoms. The zero-order valence-electron chi connectivity index (χ0n) is 46.2. The molecule has 0 bridgehead atoms. The van der Waals surface area contributed by atoms with Gasteiger partial charge < -0.3 is 39.9 Å². The van der Waals surface area contributed by atoms with E-state index in [4.69, 9.17) is 19.0 Å². The highest BCUT2D eigenvalue weighted by molar-refractivity contribution is 7.91. The van der Waals surface area contributed by atoms with Crippen LogP contribution in [0.25, 0.3) is 11.0 Å². The molecule has 5 N–H and O–H groups in total. The Morgan fingerprint density at radius 2 is 1.30 bits per heavy atom. The summed E-state index contributed by atoms with van der Waals surface area (Å²) in [5.74, 6) is -2.28. The number of ether oxygens (including phenoxy) is 3. The van der Waals surface area contributed by atoms with E-state index < -0.39 is 95.1 Å². The number of hydrogen-bond donors (Lipinski definition) is 5. The molecule has 3 aromatic heterocycles. The van der Waals surface area contributed by atoms with Crippen LogP contribution in [-0.4, -0.2) is 151 Å². The first-order valence-corrected chi connectivity index (χ1v) is 30.7. The van der Waals surface area contributed by atoms with Crippen LogP contribution in [-0.2, 0) is 57.1 Å². The van der Waals surface area contributed by atoms with Gasteiger partial charge in [0.05, 0.1) is 23.1 Å². The normalized spacial score (nSPS) is 25.9. The highest BCUT2D eigenvalue weighted by Crippen LogP contribution is 2.47. The number of amides is 5. The quantitative estimate of drug-likeness (QED) is 0.0740. The van der Waals surface area contributed by atoms with Crippen molar-refractivity contribution < 1.29 is 59.9 Å². The van der Waals surface area contributed by atoms with E-state index in [9.17, 15) is 40.8 Å². The molecule has 0 spiro atoms. The van der Waals surface area contributed by atoms with Crippen LogP contribution in [0.3, 0.4) is 0 Å². The molecule has 4 unspecified atom stereocenters. The molecule has 29 heteroatoms. The predicted octanol–water partition coefficient (Wildman–Crippen LogP) is 2.26. The number of para-hydroxylation sites is 1. The number of carbonyl (C=O) groups excluding carboxylic acids is 5. The number of aromatic nitrogens is 7. The van der Waals surface area contributed by atoms with Crippen LogP contribution in [0, 0.1) is 11.8 Å². The molecule has 7 aliphatic rings. The van der Waals surface area contributed by atoms with Crippen molar-refractivity contribution in [2.45, 2.75) is 137 Å². The number of hydrogen-bond acceptors (Lipinski definition) is 21. The number of fused-ring (bicyclic) bond motifs is 2. The summed E-state index contributed by atoms with van der Waals surface area (Å²) in [4.78, 5) is 93.7. The van der Waals surface area contributed by atoms with Gasteiger partial charge in [0.25, 0.3) is 11.8 Å². The monoisotopic (exact) mass is 1190 g/mol. The Morgan fingerprint density at radius 3 is 1.89 bits per heavy atom. The summed E-state index contributed by atoms with van der Waals surface area (Å²) in [6, 6.07) is 16.8. The number of sulfonamides is 2. The molecular weight excluding hydrogens is 1130 g/mol. The smallest absolute Gasteiger partial charge is 0.411 e. The van der Waals surface area contributed by atoms with E-state index in [1.54, 1.807) is 57.3 Å². The zero-order valence-corrected chi connectivity index (χ0v) is 47.9. The average molecular weight is 1190 g/mol. The van der Waals surface area contributed by atoms with Crippen LogP contribution in [0.4, 0.5) is 10.7 Å². The standard InChI is InChI=1S/C29H34N8O8S.C26H30N6O5S/c1-5-17-15-29(17,25(39)34-46(41,42)19-10-11-19)32-24(38)22-14-18(16-36(22)27(40)44-28(2,3)4)43-23-12-13-30-26(31-23)45-37-21-9-7-6-8-20(21)33-35-37;1-2-18-12-26(18,24(34)31-38(35,36)20-7-8-20)30-23(33)21-11-19(13-28-21)37-22-9-10-27-25(29-22)32-14-16-5-3-4-6-17(16)15-32/h5-9,12-13,17-19,22H,1,10-11,14-16H2,2-4H3,(H,32,38)(H,34,39);2-6,9-10,18-21,28H,1,7-8,11-15H2,(H,30,33)(H,31,34)/t17?,18-,22+,29?;18?,19-,21+,26?/m11/s1. The van der Waals surface area contributed by atoms with Gasteiger partial charge in [0.15, 0.2) is 0 Å². The lowest BCUT2D eigenvalue weighted by molar-refractivity contribution is -0.131. The van der Waals surface area contributed by atoms with E-state index in [2.05, 4.69) is 85.8 Å². The fourth-order valence-corrected chi connectivity index (χ4v) is 13.2. The van der Waals surface area contributed by atoms with Crippen molar-refractivity contribution in [2.24, 2.45) is 11.8 Å². The predicted molar refractivity (Wildman–Crippen MR) is 299 cm³/mol. The van der Waals surface area contributed by atoms with E-state index >= 15 is 0 Å². The minimum Gasteiger partial charge on any atom is -0.473 e. The number of nitrogens with zero attached hydrogens (tertiary/aromatic N) is 9. The molecule has 12 rings (SSSR count). The molecule has 4 saturated carbocycles. The van der Waals surface area contributed by atoms with Gasteiger partial charge in [-0.2, -0.15) is 9.97 Å². The van der Waals surface area contributed by atoms with Crippen LogP contribution in [0.1, 0.15) is 83.3 Å². The first-order chi connectivity index (χ1) is 40.0. The molecule has 2 saturated heterocycles. The second-order valence-electron chi connectivity index (χ2n) is 23.0. The molecule has 0 radical (unpaired) electrons. The Hall–Kier alpha value is -8.31. The van der Waals surface area contributed by atoms with Gasteiger partial charge in [0.1, 0.15) is 46.0 Å². The fraction of sp³-hybridized carbons (Fsp3) is 0.473. The first kappa shape index (κ1) is 57.5. The fourth-order valence-electron chi connectivity index (χ4n) is 10.5. The summed E-state index contributed by atoms with van der Waals surface area (Å²) in [6.07, 6.45) is 7.26. The summed E-state index contributed by atoms with van der Waals surface area (Å²) in [5.41, 5.74) is 0.0526. The topological polar surface area (TPSA) is 339 Å². The Bertz CT molecular complexity index is 3640. The van der Waals surface area contributed by atoms with E-state index in [0.717, 1.165) is 13.1 Å². The zero-order chi connectivity index (χ0) is 59.3. The van der Waals surface area contributed by atoms with Crippen molar-refractivity contribution in [3.8, 4) is 17.8 Å². The second kappa shape index (κ2) is 22.4. The number of likely N-dealkylation sites (tertiary alicyclic amines) is 1. The Morgan fingerprint density at radius 1 is 0.726 bits per heavy atom. The number of benzene rings is 2. The third-order valence-corrected chi connectivity index (χ3v) is 19.1. The Labute approximate surface area is 483 Å². The van der Waals surface area contributed by atoms with Crippen molar-refractivity contribution >= 4 is 66.8 Å². The van der Waals surface area contributed by atoms with E-state index in [-0.39, 0.29) is 49.2 Å². The molecule has 6 heterocycles. The molecule has 5 amide bonds. The maximum Gasteiger partial charge on any atom is 0.411 e. The van der Waals surface area contributed by atoms with Gasteiger partial charge in [-0.05, 0) is 87.8 Å².